The predicted octanol–water partition coefficient (Wildman–Crippen LogP) is 7.25. The Hall–Kier alpha value is -4.09. The number of benzene rings is 3. The number of aliphatic hydroxyl groups is 1. The van der Waals surface area contributed by atoms with E-state index in [9.17, 15) is 18.3 Å². The van der Waals surface area contributed by atoms with Gasteiger partial charge in [-0.15, -0.1) is 13.2 Å². The first-order chi connectivity index (χ1) is 21.9. The molecule has 7 nitrogen and oxygen atoms in total. The van der Waals surface area contributed by atoms with Crippen LogP contribution >= 0.6 is 0 Å². The number of pyridine rings is 1. The van der Waals surface area contributed by atoms with Gasteiger partial charge in [0, 0.05) is 41.8 Å². The minimum Gasteiger partial charge on any atom is -0.494 e. The van der Waals surface area contributed by atoms with Gasteiger partial charge in [-0.2, -0.15) is 0 Å². The molecule has 1 aliphatic rings. The highest BCUT2D eigenvalue weighted by atomic mass is 19.4. The Bertz CT molecular complexity index is 1660. The van der Waals surface area contributed by atoms with E-state index in [1.54, 1.807) is 6.07 Å². The smallest absolute Gasteiger partial charge is 0.494 e. The summed E-state index contributed by atoms with van der Waals surface area (Å²) in [6.07, 6.45) is -1.57. The maximum Gasteiger partial charge on any atom is 0.573 e. The lowest BCUT2D eigenvalue weighted by Crippen LogP contribution is -2.38. The van der Waals surface area contributed by atoms with Gasteiger partial charge in [0.2, 0.25) is 5.88 Å². The lowest BCUT2D eigenvalue weighted by atomic mass is 9.71. The van der Waals surface area contributed by atoms with Crippen LogP contribution in [-0.4, -0.2) is 69.3 Å². The Labute approximate surface area is 266 Å². The topological polar surface area (TPSA) is 67.3 Å². The summed E-state index contributed by atoms with van der Waals surface area (Å²) in [6, 6.07) is 17.6. The van der Waals surface area contributed by atoms with E-state index in [0.29, 0.717) is 17.6 Å². The fraction of sp³-hybridized carbons (Fsp3) is 0.400. The maximum atomic E-state index is 16.3. The van der Waals surface area contributed by atoms with Crippen molar-refractivity contribution in [2.45, 2.75) is 43.6 Å². The summed E-state index contributed by atoms with van der Waals surface area (Å²) < 4.78 is 71.5. The molecule has 1 N–H and O–H groups in total. The molecule has 0 spiro atoms. The van der Waals surface area contributed by atoms with Crippen molar-refractivity contribution in [3.8, 4) is 17.4 Å². The van der Waals surface area contributed by atoms with E-state index in [1.807, 2.05) is 43.3 Å². The molecule has 2 heterocycles. The van der Waals surface area contributed by atoms with Crippen LogP contribution in [0.3, 0.4) is 0 Å². The van der Waals surface area contributed by atoms with Gasteiger partial charge in [-0.05, 0) is 87.8 Å². The summed E-state index contributed by atoms with van der Waals surface area (Å²) in [5.74, 6) is -2.32. The van der Waals surface area contributed by atoms with Gasteiger partial charge in [-0.3, -0.25) is 0 Å². The maximum absolute atomic E-state index is 16.3. The van der Waals surface area contributed by atoms with Gasteiger partial charge < -0.3 is 29.1 Å². The number of ether oxygens (including phenoxy) is 3. The highest BCUT2D eigenvalue weighted by Gasteiger charge is 2.44. The van der Waals surface area contributed by atoms with Crippen LogP contribution in [0.5, 0.6) is 17.4 Å². The number of anilines is 1. The fourth-order valence-corrected chi connectivity index (χ4v) is 6.28. The number of alkyl halides is 3. The molecule has 5 rings (SSSR count). The Morgan fingerprint density at radius 2 is 1.65 bits per heavy atom. The number of hydrogen-bond donors (Lipinski definition) is 1. The van der Waals surface area contributed by atoms with E-state index in [0.717, 1.165) is 49.1 Å². The van der Waals surface area contributed by atoms with E-state index in [2.05, 4.69) is 9.64 Å². The molecule has 1 fully saturated rings. The van der Waals surface area contributed by atoms with Gasteiger partial charge in [-0.25, -0.2) is 9.37 Å². The number of piperidine rings is 1. The molecule has 1 aromatic heterocycles. The van der Waals surface area contributed by atoms with E-state index >= 15 is 4.39 Å². The lowest BCUT2D eigenvalue weighted by molar-refractivity contribution is -0.274. The third-order valence-electron chi connectivity index (χ3n) is 8.53. The largest absolute Gasteiger partial charge is 0.573 e. The molecular formula is C35H39F4N3O4. The molecule has 2 atom stereocenters. The van der Waals surface area contributed by atoms with E-state index < -0.39 is 29.4 Å². The Balaban J connectivity index is 1.78. The van der Waals surface area contributed by atoms with Crippen molar-refractivity contribution in [3.05, 3.63) is 89.2 Å². The highest BCUT2D eigenvalue weighted by Crippen LogP contribution is 2.49. The Morgan fingerprint density at radius 3 is 2.33 bits per heavy atom. The van der Waals surface area contributed by atoms with Crippen LogP contribution in [0.4, 0.5) is 23.2 Å². The number of methoxy groups -OCH3 is 2. The fourth-order valence-electron chi connectivity index (χ4n) is 6.28. The zero-order chi connectivity index (χ0) is 33.1. The van der Waals surface area contributed by atoms with Crippen molar-refractivity contribution in [1.29, 1.82) is 0 Å². The quantitative estimate of drug-likeness (QED) is 0.173. The van der Waals surface area contributed by atoms with Crippen molar-refractivity contribution in [3.63, 3.8) is 0 Å². The zero-order valence-electron chi connectivity index (χ0n) is 26.4. The molecule has 46 heavy (non-hydrogen) atoms. The van der Waals surface area contributed by atoms with Gasteiger partial charge in [-0.1, -0.05) is 24.3 Å². The molecule has 4 aromatic rings. The van der Waals surface area contributed by atoms with Crippen molar-refractivity contribution in [1.82, 2.24) is 9.88 Å². The van der Waals surface area contributed by atoms with Crippen molar-refractivity contribution in [2.75, 3.05) is 52.8 Å². The third kappa shape index (κ3) is 7.15. The molecule has 0 saturated carbocycles. The van der Waals surface area contributed by atoms with Crippen LogP contribution in [0.25, 0.3) is 10.9 Å². The molecule has 3 aromatic carbocycles. The summed E-state index contributed by atoms with van der Waals surface area (Å²) in [5.41, 5.74) is 0.219. The summed E-state index contributed by atoms with van der Waals surface area (Å²) in [4.78, 5) is 8.92. The first-order valence-corrected chi connectivity index (χ1v) is 15.2. The molecule has 0 amide bonds. The van der Waals surface area contributed by atoms with Crippen molar-refractivity contribution in [2.24, 2.45) is 0 Å². The molecule has 1 aliphatic heterocycles. The van der Waals surface area contributed by atoms with Crippen LogP contribution in [0.1, 0.15) is 48.3 Å². The first kappa shape index (κ1) is 33.3. The number of aromatic nitrogens is 1. The highest BCUT2D eigenvalue weighted by molar-refractivity contribution is 5.84. The van der Waals surface area contributed by atoms with Crippen molar-refractivity contribution >= 4 is 16.6 Å². The molecule has 1 saturated heterocycles. The van der Waals surface area contributed by atoms with E-state index in [1.165, 1.54) is 44.9 Å². The summed E-state index contributed by atoms with van der Waals surface area (Å²) in [6.45, 7) is 2.17. The van der Waals surface area contributed by atoms with Gasteiger partial charge in [0.1, 0.15) is 11.4 Å². The monoisotopic (exact) mass is 641 g/mol. The second kappa shape index (κ2) is 13.7. The lowest BCUT2D eigenvalue weighted by Gasteiger charge is -2.39. The molecule has 2 unspecified atom stereocenters. The summed E-state index contributed by atoms with van der Waals surface area (Å²) >= 11 is 0. The summed E-state index contributed by atoms with van der Waals surface area (Å²) in [5, 5.41) is 13.6. The second-order valence-corrected chi connectivity index (χ2v) is 11.9. The van der Waals surface area contributed by atoms with Gasteiger partial charge >= 0.3 is 6.36 Å². The average molecular weight is 642 g/mol. The van der Waals surface area contributed by atoms with Gasteiger partial charge in [0.25, 0.3) is 0 Å². The number of halogens is 4. The minimum absolute atomic E-state index is 0.00575. The number of fused-ring (bicyclic) bond motifs is 1. The molecule has 0 bridgehead atoms. The van der Waals surface area contributed by atoms with Crippen LogP contribution < -0.4 is 19.1 Å². The average Bonchev–Trinajstić information content (AvgIpc) is 3.03. The Morgan fingerprint density at radius 1 is 0.913 bits per heavy atom. The number of hydrogen-bond acceptors (Lipinski definition) is 7. The zero-order valence-corrected chi connectivity index (χ0v) is 26.4. The van der Waals surface area contributed by atoms with Gasteiger partial charge in [0.05, 0.1) is 25.7 Å². The predicted molar refractivity (Wildman–Crippen MR) is 169 cm³/mol. The SMILES string of the molecule is COc1cccc(C(c2cc3cc(N4CCCCC4)ccc3nc2OC)C(O)(CCN(C)C)c2cccc(OC(F)(F)F)c2)c1F. The van der Waals surface area contributed by atoms with Gasteiger partial charge in [0.15, 0.2) is 11.6 Å². The molecule has 0 aliphatic carbocycles. The number of nitrogens with zero attached hydrogens (tertiary/aromatic N) is 3. The standard InChI is InChI=1S/C35H39F4N3O4/c1-41(2)19-16-34(43,24-10-8-11-26(22-24)46-35(37,38)39)31(27-12-9-13-30(44-3)32(27)36)28-21-23-20-25(42-17-6-5-7-18-42)14-15-29(23)40-33(28)45-4/h8-15,20-22,31,43H,5-7,16-19H2,1-4H3. The van der Waals surface area contributed by atoms with E-state index in [-0.39, 0.29) is 29.2 Å². The molecular weight excluding hydrogens is 602 g/mol. The Kier molecular flexibility index (Phi) is 9.93. The van der Waals surface area contributed by atoms with E-state index in [4.69, 9.17) is 14.5 Å². The van der Waals surface area contributed by atoms with Crippen LogP contribution in [0.2, 0.25) is 0 Å². The molecule has 246 valence electrons. The third-order valence-corrected chi connectivity index (χ3v) is 8.53. The first-order valence-electron chi connectivity index (χ1n) is 15.2. The van der Waals surface area contributed by atoms with Crippen LogP contribution in [0, 0.1) is 5.82 Å². The molecule has 0 radical (unpaired) electrons. The second-order valence-electron chi connectivity index (χ2n) is 11.9. The summed E-state index contributed by atoms with van der Waals surface area (Å²) in [7, 11) is 6.40. The number of rotatable bonds is 11. The van der Waals surface area contributed by atoms with Crippen LogP contribution in [-0.2, 0) is 5.60 Å². The normalized spacial score (nSPS) is 15.9. The van der Waals surface area contributed by atoms with Crippen molar-refractivity contribution < 1.29 is 36.9 Å². The molecule has 11 heteroatoms. The minimum atomic E-state index is -4.95. The van der Waals surface area contributed by atoms with Crippen LogP contribution in [0.15, 0.2) is 66.7 Å².